The van der Waals surface area contributed by atoms with Crippen molar-refractivity contribution in [1.29, 1.82) is 0 Å². The Hall–Kier alpha value is -3.44. The SMILES string of the molecule is CN(C)C(CNC(=O)Cn1c2ccccc2c(=O)c2ccccc21)Cc1ccccc1. The molecule has 0 aliphatic heterocycles. The topological polar surface area (TPSA) is 54.3 Å². The Labute approximate surface area is 181 Å². The molecule has 0 aliphatic rings. The zero-order chi connectivity index (χ0) is 21.8. The van der Waals surface area contributed by atoms with E-state index < -0.39 is 0 Å². The number of amides is 1. The van der Waals surface area contributed by atoms with Crippen LogP contribution in [-0.4, -0.2) is 42.1 Å². The van der Waals surface area contributed by atoms with Crippen molar-refractivity contribution in [2.24, 2.45) is 0 Å². The molecular weight excluding hydrogens is 386 g/mol. The highest BCUT2D eigenvalue weighted by atomic mass is 16.2. The van der Waals surface area contributed by atoms with Gasteiger partial charge in [0.2, 0.25) is 5.91 Å². The zero-order valence-corrected chi connectivity index (χ0v) is 17.9. The Balaban J connectivity index is 1.57. The van der Waals surface area contributed by atoms with E-state index in [0.29, 0.717) is 17.3 Å². The summed E-state index contributed by atoms with van der Waals surface area (Å²) in [4.78, 5) is 27.9. The van der Waals surface area contributed by atoms with Gasteiger partial charge in [0.25, 0.3) is 0 Å². The number of hydrogen-bond donors (Lipinski definition) is 1. The largest absolute Gasteiger partial charge is 0.353 e. The third-order valence-corrected chi connectivity index (χ3v) is 5.76. The number of aromatic nitrogens is 1. The van der Waals surface area contributed by atoms with Crippen LogP contribution in [0, 0.1) is 0 Å². The van der Waals surface area contributed by atoms with Gasteiger partial charge in [-0.2, -0.15) is 0 Å². The number of carbonyl (C=O) groups is 1. The molecule has 5 nitrogen and oxygen atoms in total. The molecule has 1 unspecified atom stereocenters. The first-order valence-electron chi connectivity index (χ1n) is 10.5. The highest BCUT2D eigenvalue weighted by molar-refractivity contribution is 5.94. The van der Waals surface area contributed by atoms with Gasteiger partial charge in [0.15, 0.2) is 5.43 Å². The minimum Gasteiger partial charge on any atom is -0.353 e. The van der Waals surface area contributed by atoms with Gasteiger partial charge in [-0.05, 0) is 50.3 Å². The van der Waals surface area contributed by atoms with Crippen molar-refractivity contribution in [1.82, 2.24) is 14.8 Å². The highest BCUT2D eigenvalue weighted by Crippen LogP contribution is 2.19. The molecule has 1 N–H and O–H groups in total. The van der Waals surface area contributed by atoms with Gasteiger partial charge < -0.3 is 14.8 Å². The lowest BCUT2D eigenvalue weighted by Gasteiger charge is -2.25. The van der Waals surface area contributed by atoms with E-state index in [-0.39, 0.29) is 23.9 Å². The maximum absolute atomic E-state index is 12.9. The third-order valence-electron chi connectivity index (χ3n) is 5.76. The minimum absolute atomic E-state index is 0.00149. The standard InChI is InChI=1S/C26H27N3O2/c1-28(2)20(16-19-10-4-3-5-11-19)17-27-25(30)18-29-23-14-8-6-12-21(23)26(31)22-13-7-9-15-24(22)29/h3-15,20H,16-18H2,1-2H3,(H,27,30). The van der Waals surface area contributed by atoms with Crippen LogP contribution < -0.4 is 10.7 Å². The number of likely N-dealkylation sites (N-methyl/N-ethyl adjacent to an activating group) is 1. The lowest BCUT2D eigenvalue weighted by Crippen LogP contribution is -2.42. The first kappa shape index (κ1) is 20.8. The van der Waals surface area contributed by atoms with Gasteiger partial charge in [-0.25, -0.2) is 0 Å². The second-order valence-corrected chi connectivity index (χ2v) is 8.06. The first-order chi connectivity index (χ1) is 15.0. The van der Waals surface area contributed by atoms with E-state index in [2.05, 4.69) is 22.3 Å². The molecule has 0 saturated carbocycles. The Kier molecular flexibility index (Phi) is 6.14. The molecule has 0 bridgehead atoms. The lowest BCUT2D eigenvalue weighted by atomic mass is 10.1. The van der Waals surface area contributed by atoms with Gasteiger partial charge in [0.1, 0.15) is 6.54 Å². The molecule has 4 aromatic rings. The summed E-state index contributed by atoms with van der Waals surface area (Å²) in [5, 5.41) is 4.36. The molecule has 31 heavy (non-hydrogen) atoms. The van der Waals surface area contributed by atoms with Crippen LogP contribution in [0.2, 0.25) is 0 Å². The number of rotatable bonds is 7. The van der Waals surface area contributed by atoms with Crippen molar-refractivity contribution in [3.05, 3.63) is 94.6 Å². The quantitative estimate of drug-likeness (QED) is 0.472. The van der Waals surface area contributed by atoms with Gasteiger partial charge in [-0.15, -0.1) is 0 Å². The monoisotopic (exact) mass is 413 g/mol. The minimum atomic E-state index is -0.0705. The van der Waals surface area contributed by atoms with E-state index in [4.69, 9.17) is 0 Å². The molecule has 4 rings (SSSR count). The number of benzene rings is 3. The van der Waals surface area contributed by atoms with Crippen LogP contribution >= 0.6 is 0 Å². The second-order valence-electron chi connectivity index (χ2n) is 8.06. The van der Waals surface area contributed by atoms with Crippen molar-refractivity contribution < 1.29 is 4.79 Å². The van der Waals surface area contributed by atoms with E-state index in [0.717, 1.165) is 17.5 Å². The predicted octanol–water partition coefficient (Wildman–Crippen LogP) is 3.44. The summed E-state index contributed by atoms with van der Waals surface area (Å²) in [6.45, 7) is 0.712. The van der Waals surface area contributed by atoms with Crippen LogP contribution in [0.15, 0.2) is 83.7 Å². The van der Waals surface area contributed by atoms with Gasteiger partial charge >= 0.3 is 0 Å². The van der Waals surface area contributed by atoms with E-state index in [1.54, 1.807) is 0 Å². The third kappa shape index (κ3) is 4.52. The Morgan fingerprint density at radius 2 is 1.42 bits per heavy atom. The van der Waals surface area contributed by atoms with Crippen LogP contribution in [0.4, 0.5) is 0 Å². The molecule has 0 fully saturated rings. The van der Waals surface area contributed by atoms with Crippen molar-refractivity contribution in [2.45, 2.75) is 19.0 Å². The average molecular weight is 414 g/mol. The van der Waals surface area contributed by atoms with E-state index in [1.807, 2.05) is 85.4 Å². The molecule has 0 spiro atoms. The second kappa shape index (κ2) is 9.14. The number of pyridine rings is 1. The van der Waals surface area contributed by atoms with Crippen LogP contribution in [-0.2, 0) is 17.8 Å². The molecule has 0 radical (unpaired) electrons. The van der Waals surface area contributed by atoms with Gasteiger partial charge in [-0.1, -0.05) is 54.6 Å². The van der Waals surface area contributed by atoms with E-state index >= 15 is 0 Å². The lowest BCUT2D eigenvalue weighted by molar-refractivity contribution is -0.121. The van der Waals surface area contributed by atoms with Crippen molar-refractivity contribution >= 4 is 27.7 Å². The highest BCUT2D eigenvalue weighted by Gasteiger charge is 2.16. The number of fused-ring (bicyclic) bond motifs is 2. The fourth-order valence-electron chi connectivity index (χ4n) is 4.00. The summed E-state index contributed by atoms with van der Waals surface area (Å²) in [5.74, 6) is -0.0705. The Morgan fingerprint density at radius 3 is 2.00 bits per heavy atom. The fraction of sp³-hybridized carbons (Fsp3) is 0.231. The molecule has 3 aromatic carbocycles. The first-order valence-corrected chi connectivity index (χ1v) is 10.5. The average Bonchev–Trinajstić information content (AvgIpc) is 2.80. The Bertz CT molecular complexity index is 1200. The number of carbonyl (C=O) groups excluding carboxylic acids is 1. The molecule has 158 valence electrons. The summed E-state index contributed by atoms with van der Waals surface area (Å²) in [7, 11) is 4.06. The molecule has 1 aromatic heterocycles. The number of hydrogen-bond acceptors (Lipinski definition) is 3. The molecular formula is C26H27N3O2. The van der Waals surface area contributed by atoms with Crippen molar-refractivity contribution in [3.8, 4) is 0 Å². The van der Waals surface area contributed by atoms with Gasteiger partial charge in [-0.3, -0.25) is 9.59 Å². The summed E-state index contributed by atoms with van der Waals surface area (Å²) in [5.41, 5.74) is 2.79. The van der Waals surface area contributed by atoms with E-state index in [9.17, 15) is 9.59 Å². The van der Waals surface area contributed by atoms with Crippen molar-refractivity contribution in [3.63, 3.8) is 0 Å². The van der Waals surface area contributed by atoms with Gasteiger partial charge in [0.05, 0.1) is 11.0 Å². The summed E-state index contributed by atoms with van der Waals surface area (Å²) < 4.78 is 1.93. The fourth-order valence-corrected chi connectivity index (χ4v) is 4.00. The maximum atomic E-state index is 12.9. The Morgan fingerprint density at radius 1 is 0.871 bits per heavy atom. The van der Waals surface area contributed by atoms with E-state index in [1.165, 1.54) is 5.56 Å². The molecule has 0 saturated heterocycles. The maximum Gasteiger partial charge on any atom is 0.240 e. The molecule has 5 heteroatoms. The van der Waals surface area contributed by atoms with Crippen LogP contribution in [0.3, 0.4) is 0 Å². The number of para-hydroxylation sites is 2. The van der Waals surface area contributed by atoms with Crippen LogP contribution in [0.1, 0.15) is 5.56 Å². The summed E-state index contributed by atoms with van der Waals surface area (Å²) in [6.07, 6.45) is 0.859. The normalized spacial score (nSPS) is 12.4. The number of nitrogens with one attached hydrogen (secondary N) is 1. The van der Waals surface area contributed by atoms with Crippen LogP contribution in [0.25, 0.3) is 21.8 Å². The predicted molar refractivity (Wildman–Crippen MR) is 126 cm³/mol. The van der Waals surface area contributed by atoms with Crippen LogP contribution in [0.5, 0.6) is 0 Å². The number of nitrogens with zero attached hydrogens (tertiary/aromatic N) is 2. The smallest absolute Gasteiger partial charge is 0.240 e. The molecule has 1 amide bonds. The zero-order valence-electron chi connectivity index (χ0n) is 17.9. The van der Waals surface area contributed by atoms with Gasteiger partial charge in [0, 0.05) is 23.4 Å². The molecule has 1 atom stereocenters. The molecule has 1 heterocycles. The van der Waals surface area contributed by atoms with Crippen molar-refractivity contribution in [2.75, 3.05) is 20.6 Å². The summed E-state index contributed by atoms with van der Waals surface area (Å²) in [6, 6.07) is 25.4. The molecule has 0 aliphatic carbocycles. The summed E-state index contributed by atoms with van der Waals surface area (Å²) >= 11 is 0.